The summed E-state index contributed by atoms with van der Waals surface area (Å²) in [5.74, 6) is -0.759. The van der Waals surface area contributed by atoms with Crippen LogP contribution in [0.5, 0.6) is 0 Å². The molecule has 0 atom stereocenters. The minimum absolute atomic E-state index is 0.167. The first-order valence-electron chi connectivity index (χ1n) is 10.6. The van der Waals surface area contributed by atoms with Crippen LogP contribution in [0.3, 0.4) is 0 Å². The van der Waals surface area contributed by atoms with Gasteiger partial charge in [-0.25, -0.2) is 9.59 Å². The van der Waals surface area contributed by atoms with Gasteiger partial charge >= 0.3 is 11.9 Å². The number of hydrogen-bond acceptors (Lipinski definition) is 6. The summed E-state index contributed by atoms with van der Waals surface area (Å²) >= 11 is 0. The molecule has 0 saturated heterocycles. The Bertz CT molecular complexity index is 806. The molecule has 2 aromatic carbocycles. The summed E-state index contributed by atoms with van der Waals surface area (Å²) in [7, 11) is 0. The molecule has 0 aliphatic heterocycles. The average Bonchev–Trinajstić information content (AvgIpc) is 2.81. The lowest BCUT2D eigenvalue weighted by atomic mass is 10.1. The maximum Gasteiger partial charge on any atom is 0.338 e. The normalized spacial score (nSPS) is 11.2. The van der Waals surface area contributed by atoms with Crippen molar-refractivity contribution in [3.05, 3.63) is 82.9 Å². The van der Waals surface area contributed by atoms with Crippen LogP contribution in [0.4, 0.5) is 0 Å². The average molecular weight is 439 g/mol. The number of esters is 2. The first-order chi connectivity index (χ1) is 15.6. The standard InChI is InChI=1S/C26H30O6/c1-3-5-21-7-11-23(12-8-21)25(27)31-19-17-29-15-16-30-18-20-32-26(28)24-13-9-22(6-4-2)10-14-24/h3-14H,15-20H2,1-2H3. The summed E-state index contributed by atoms with van der Waals surface area (Å²) in [5.41, 5.74) is 3.07. The number of ether oxygens (including phenoxy) is 4. The maximum atomic E-state index is 12.0. The monoisotopic (exact) mass is 438 g/mol. The van der Waals surface area contributed by atoms with Gasteiger partial charge in [0.1, 0.15) is 13.2 Å². The van der Waals surface area contributed by atoms with Gasteiger partial charge in [-0.3, -0.25) is 0 Å². The molecule has 6 heteroatoms. The van der Waals surface area contributed by atoms with Crippen LogP contribution in [0.15, 0.2) is 60.7 Å². The molecule has 32 heavy (non-hydrogen) atoms. The van der Waals surface area contributed by atoms with Gasteiger partial charge in [-0.2, -0.15) is 0 Å². The Hall–Kier alpha value is -3.22. The summed E-state index contributed by atoms with van der Waals surface area (Å²) in [4.78, 5) is 23.9. The van der Waals surface area contributed by atoms with Crippen molar-refractivity contribution in [1.29, 1.82) is 0 Å². The molecule has 0 aliphatic carbocycles. The van der Waals surface area contributed by atoms with Gasteiger partial charge in [0.15, 0.2) is 0 Å². The van der Waals surface area contributed by atoms with E-state index >= 15 is 0 Å². The molecular formula is C26H30O6. The van der Waals surface area contributed by atoms with E-state index in [0.717, 1.165) is 11.1 Å². The SMILES string of the molecule is CC=Cc1ccc(C(=O)OCCOCCOCCOC(=O)c2ccc(C=CC)cc2)cc1. The van der Waals surface area contributed by atoms with Gasteiger partial charge in [0.25, 0.3) is 0 Å². The second-order valence-electron chi connectivity index (χ2n) is 6.74. The highest BCUT2D eigenvalue weighted by Gasteiger charge is 2.07. The smallest absolute Gasteiger partial charge is 0.338 e. The minimum Gasteiger partial charge on any atom is -0.460 e. The van der Waals surface area contributed by atoms with Gasteiger partial charge in [-0.1, -0.05) is 48.6 Å². The lowest BCUT2D eigenvalue weighted by Crippen LogP contribution is -2.15. The molecule has 0 bridgehead atoms. The Morgan fingerprint density at radius 2 is 0.938 bits per heavy atom. The molecular weight excluding hydrogens is 408 g/mol. The molecule has 0 saturated carbocycles. The molecule has 0 fully saturated rings. The summed E-state index contributed by atoms with van der Waals surface area (Å²) in [6, 6.07) is 14.4. The Balaban J connectivity index is 1.48. The molecule has 2 aromatic rings. The fourth-order valence-corrected chi connectivity index (χ4v) is 2.72. The van der Waals surface area contributed by atoms with Crippen LogP contribution in [0.25, 0.3) is 12.2 Å². The highest BCUT2D eigenvalue weighted by Crippen LogP contribution is 2.08. The number of carbonyl (C=O) groups excluding carboxylic acids is 2. The Morgan fingerprint density at radius 3 is 1.28 bits per heavy atom. The zero-order chi connectivity index (χ0) is 23.0. The van der Waals surface area contributed by atoms with Crippen molar-refractivity contribution in [3.63, 3.8) is 0 Å². The highest BCUT2D eigenvalue weighted by atomic mass is 16.6. The second-order valence-corrected chi connectivity index (χ2v) is 6.74. The van der Waals surface area contributed by atoms with E-state index in [1.54, 1.807) is 24.3 Å². The van der Waals surface area contributed by atoms with E-state index in [1.165, 1.54) is 0 Å². The van der Waals surface area contributed by atoms with Crippen LogP contribution >= 0.6 is 0 Å². The zero-order valence-corrected chi connectivity index (χ0v) is 18.6. The van der Waals surface area contributed by atoms with Crippen LogP contribution in [-0.4, -0.2) is 51.6 Å². The molecule has 170 valence electrons. The fourth-order valence-electron chi connectivity index (χ4n) is 2.72. The van der Waals surface area contributed by atoms with Gasteiger partial charge in [0.05, 0.1) is 37.6 Å². The van der Waals surface area contributed by atoms with E-state index < -0.39 is 0 Å². The Morgan fingerprint density at radius 1 is 0.594 bits per heavy atom. The lowest BCUT2D eigenvalue weighted by Gasteiger charge is -2.08. The van der Waals surface area contributed by atoms with Gasteiger partial charge in [0.2, 0.25) is 0 Å². The third-order valence-corrected chi connectivity index (χ3v) is 4.30. The number of hydrogen-bond donors (Lipinski definition) is 0. The fraction of sp³-hybridized carbons (Fsp3) is 0.308. The zero-order valence-electron chi connectivity index (χ0n) is 18.6. The molecule has 0 radical (unpaired) electrons. The van der Waals surface area contributed by atoms with E-state index in [4.69, 9.17) is 18.9 Å². The summed E-state index contributed by atoms with van der Waals surface area (Å²) in [6.45, 7) is 5.49. The van der Waals surface area contributed by atoms with Crippen molar-refractivity contribution < 1.29 is 28.5 Å². The molecule has 0 aliphatic rings. The predicted molar refractivity (Wildman–Crippen MR) is 125 cm³/mol. The van der Waals surface area contributed by atoms with E-state index in [2.05, 4.69) is 0 Å². The highest BCUT2D eigenvalue weighted by molar-refractivity contribution is 5.90. The predicted octanol–water partition coefficient (Wildman–Crippen LogP) is 4.80. The van der Waals surface area contributed by atoms with Crippen molar-refractivity contribution in [2.24, 2.45) is 0 Å². The Kier molecular flexibility index (Phi) is 11.5. The van der Waals surface area contributed by atoms with E-state index in [1.807, 2.05) is 62.4 Å². The summed E-state index contributed by atoms with van der Waals surface area (Å²) in [6.07, 6.45) is 7.79. The van der Waals surface area contributed by atoms with E-state index in [9.17, 15) is 9.59 Å². The summed E-state index contributed by atoms with van der Waals surface area (Å²) in [5, 5.41) is 0. The third kappa shape index (κ3) is 9.29. The van der Waals surface area contributed by atoms with Crippen LogP contribution in [-0.2, 0) is 18.9 Å². The molecule has 6 nitrogen and oxygen atoms in total. The second kappa shape index (κ2) is 14.7. The quantitative estimate of drug-likeness (QED) is 0.330. The van der Waals surface area contributed by atoms with E-state index in [0.29, 0.717) is 24.3 Å². The van der Waals surface area contributed by atoms with Crippen molar-refractivity contribution in [3.8, 4) is 0 Å². The van der Waals surface area contributed by atoms with Crippen molar-refractivity contribution >= 4 is 24.1 Å². The van der Waals surface area contributed by atoms with Crippen LogP contribution in [0.1, 0.15) is 45.7 Å². The largest absolute Gasteiger partial charge is 0.460 e. The molecule has 0 aromatic heterocycles. The molecule has 2 rings (SSSR count). The van der Waals surface area contributed by atoms with E-state index in [-0.39, 0.29) is 38.4 Å². The maximum absolute atomic E-state index is 12.0. The van der Waals surface area contributed by atoms with Crippen LogP contribution < -0.4 is 0 Å². The van der Waals surface area contributed by atoms with Crippen molar-refractivity contribution in [2.75, 3.05) is 39.6 Å². The molecule has 0 spiro atoms. The molecule has 0 heterocycles. The summed E-state index contributed by atoms with van der Waals surface area (Å²) < 4.78 is 21.1. The molecule has 0 N–H and O–H groups in total. The van der Waals surface area contributed by atoms with Crippen molar-refractivity contribution in [1.82, 2.24) is 0 Å². The van der Waals surface area contributed by atoms with Gasteiger partial charge in [0, 0.05) is 0 Å². The number of rotatable bonds is 13. The number of benzene rings is 2. The van der Waals surface area contributed by atoms with Gasteiger partial charge < -0.3 is 18.9 Å². The van der Waals surface area contributed by atoms with Crippen molar-refractivity contribution in [2.45, 2.75) is 13.8 Å². The van der Waals surface area contributed by atoms with Gasteiger partial charge in [-0.05, 0) is 49.2 Å². The minimum atomic E-state index is -0.379. The third-order valence-electron chi connectivity index (χ3n) is 4.30. The lowest BCUT2D eigenvalue weighted by molar-refractivity contribution is 0.00229. The Labute approximate surface area is 189 Å². The number of allylic oxidation sites excluding steroid dienone is 2. The van der Waals surface area contributed by atoms with Gasteiger partial charge in [-0.15, -0.1) is 0 Å². The van der Waals surface area contributed by atoms with Crippen LogP contribution in [0.2, 0.25) is 0 Å². The van der Waals surface area contributed by atoms with Crippen LogP contribution in [0, 0.1) is 0 Å². The molecule has 0 amide bonds. The first-order valence-corrected chi connectivity index (χ1v) is 10.6. The number of carbonyl (C=O) groups is 2. The first kappa shape index (κ1) is 25.0. The molecule has 0 unspecified atom stereocenters. The topological polar surface area (TPSA) is 71.1 Å².